The Morgan fingerprint density at radius 3 is 2.94 bits per heavy atom. The number of piperidine rings is 1. The molecule has 0 aromatic heterocycles. The van der Waals surface area contributed by atoms with Crippen LogP contribution in [-0.4, -0.2) is 30.1 Å². The number of benzene rings is 1. The van der Waals surface area contributed by atoms with Crippen LogP contribution in [0.4, 0.5) is 5.69 Å². The molecule has 2 aliphatic heterocycles. The van der Waals surface area contributed by atoms with Gasteiger partial charge in [-0.2, -0.15) is 0 Å². The fourth-order valence-corrected chi connectivity index (χ4v) is 3.34. The molecule has 0 spiro atoms. The topological polar surface area (TPSA) is 15.3 Å². The van der Waals surface area contributed by atoms with E-state index < -0.39 is 0 Å². The Hall–Kier alpha value is -0.730. The number of halogens is 1. The number of nitrogens with zero attached hydrogens (tertiary/aromatic N) is 1. The number of hydrogen-bond donors (Lipinski definition) is 1. The van der Waals surface area contributed by atoms with Crippen molar-refractivity contribution >= 4 is 17.3 Å². The summed E-state index contributed by atoms with van der Waals surface area (Å²) in [5.41, 5.74) is 1.09. The molecule has 2 aliphatic rings. The fraction of sp³-hybridized carbons (Fsp3) is 0.571. The maximum absolute atomic E-state index is 6.18. The third-order valence-electron chi connectivity index (χ3n) is 4.05. The minimum Gasteiger partial charge on any atom is -0.381 e. The van der Waals surface area contributed by atoms with Crippen molar-refractivity contribution in [3.63, 3.8) is 0 Å². The highest BCUT2D eigenvalue weighted by molar-refractivity contribution is 6.33. The van der Waals surface area contributed by atoms with Crippen LogP contribution in [-0.2, 0) is 0 Å². The zero-order valence-electron chi connectivity index (χ0n) is 10.0. The third kappa shape index (κ3) is 2.43. The van der Waals surface area contributed by atoms with E-state index in [0.717, 1.165) is 16.8 Å². The summed E-state index contributed by atoms with van der Waals surface area (Å²) >= 11 is 6.18. The Labute approximate surface area is 108 Å². The van der Waals surface area contributed by atoms with E-state index in [4.69, 9.17) is 11.6 Å². The quantitative estimate of drug-likeness (QED) is 0.866. The smallest absolute Gasteiger partial charge is 0.0637 e. The van der Waals surface area contributed by atoms with Crippen molar-refractivity contribution < 1.29 is 0 Å². The molecule has 2 saturated heterocycles. The molecule has 2 fully saturated rings. The molecule has 2 unspecified atom stereocenters. The number of para-hydroxylation sites is 1. The highest BCUT2D eigenvalue weighted by Crippen LogP contribution is 2.30. The van der Waals surface area contributed by atoms with Crippen LogP contribution in [0.25, 0.3) is 0 Å². The molecule has 3 heteroatoms. The van der Waals surface area contributed by atoms with E-state index in [0.29, 0.717) is 6.04 Å². The lowest BCUT2D eigenvalue weighted by Gasteiger charge is -2.35. The monoisotopic (exact) mass is 250 g/mol. The van der Waals surface area contributed by atoms with Crippen LogP contribution in [0.1, 0.15) is 25.7 Å². The van der Waals surface area contributed by atoms with Crippen molar-refractivity contribution in [1.29, 1.82) is 0 Å². The average molecular weight is 251 g/mol. The van der Waals surface area contributed by atoms with Gasteiger partial charge in [-0.1, -0.05) is 23.7 Å². The molecule has 0 amide bonds. The molecule has 2 nitrogen and oxygen atoms in total. The third-order valence-corrected chi connectivity index (χ3v) is 4.38. The van der Waals surface area contributed by atoms with Crippen LogP contribution in [0, 0.1) is 0 Å². The normalized spacial score (nSPS) is 29.0. The fourth-order valence-electron chi connectivity index (χ4n) is 3.15. The molecule has 1 aromatic carbocycles. The molecule has 0 aliphatic carbocycles. The van der Waals surface area contributed by atoms with Gasteiger partial charge in [-0.3, -0.25) is 0 Å². The van der Waals surface area contributed by atoms with Gasteiger partial charge in [-0.25, -0.2) is 0 Å². The van der Waals surface area contributed by atoms with Crippen LogP contribution in [0.3, 0.4) is 0 Å². The summed E-state index contributed by atoms with van der Waals surface area (Å²) in [7, 11) is 0. The summed E-state index contributed by atoms with van der Waals surface area (Å²) in [6.07, 6.45) is 5.26. The van der Waals surface area contributed by atoms with Gasteiger partial charge < -0.3 is 10.2 Å². The van der Waals surface area contributed by atoms with E-state index in [1.54, 1.807) is 0 Å². The minimum atomic E-state index is 0.592. The van der Waals surface area contributed by atoms with E-state index in [9.17, 15) is 0 Å². The molecule has 1 N–H and O–H groups in total. The Balaban J connectivity index is 1.64. The molecule has 3 rings (SSSR count). The molecular weight excluding hydrogens is 232 g/mol. The number of nitrogens with one attached hydrogen (secondary N) is 1. The van der Waals surface area contributed by atoms with Crippen LogP contribution in [0.15, 0.2) is 24.3 Å². The van der Waals surface area contributed by atoms with E-state index in [-0.39, 0.29) is 0 Å². The maximum Gasteiger partial charge on any atom is 0.0637 e. The first kappa shape index (κ1) is 11.4. The molecule has 92 valence electrons. The van der Waals surface area contributed by atoms with Gasteiger partial charge >= 0.3 is 0 Å². The van der Waals surface area contributed by atoms with Crippen LogP contribution >= 0.6 is 11.6 Å². The van der Waals surface area contributed by atoms with Gasteiger partial charge in [0.05, 0.1) is 10.7 Å². The summed E-state index contributed by atoms with van der Waals surface area (Å²) in [6, 6.07) is 9.45. The first-order valence-electron chi connectivity index (χ1n) is 6.58. The summed E-state index contributed by atoms with van der Waals surface area (Å²) in [6.45, 7) is 2.55. The van der Waals surface area contributed by atoms with Crippen molar-refractivity contribution in [2.45, 2.75) is 37.8 Å². The molecule has 1 aromatic rings. The molecular formula is C14H19ClN2. The Bertz CT molecular complexity index is 394. The van der Waals surface area contributed by atoms with Gasteiger partial charge in [0.1, 0.15) is 0 Å². The van der Waals surface area contributed by atoms with Gasteiger partial charge in [-0.05, 0) is 44.4 Å². The summed E-state index contributed by atoms with van der Waals surface area (Å²) in [5.74, 6) is 0. The van der Waals surface area contributed by atoms with Crippen molar-refractivity contribution in [2.75, 3.05) is 18.4 Å². The Morgan fingerprint density at radius 1 is 1.18 bits per heavy atom. The van der Waals surface area contributed by atoms with Crippen molar-refractivity contribution in [3.05, 3.63) is 29.3 Å². The summed E-state index contributed by atoms with van der Waals surface area (Å²) in [4.78, 5) is 2.64. The zero-order valence-corrected chi connectivity index (χ0v) is 10.8. The zero-order chi connectivity index (χ0) is 11.7. The van der Waals surface area contributed by atoms with E-state index in [1.165, 1.54) is 38.8 Å². The van der Waals surface area contributed by atoms with Gasteiger partial charge in [0.2, 0.25) is 0 Å². The van der Waals surface area contributed by atoms with E-state index in [1.807, 2.05) is 18.2 Å². The Morgan fingerprint density at radius 2 is 2.06 bits per heavy atom. The lowest BCUT2D eigenvalue weighted by atomic mass is 9.97. The predicted octanol–water partition coefficient (Wildman–Crippen LogP) is 3.38. The second-order valence-corrected chi connectivity index (χ2v) is 5.58. The number of hydrogen-bond acceptors (Lipinski definition) is 2. The SMILES string of the molecule is Clc1ccccc1NC1CCN2CCCC2C1. The average Bonchev–Trinajstić information content (AvgIpc) is 2.79. The molecule has 0 saturated carbocycles. The van der Waals surface area contributed by atoms with Gasteiger partial charge in [0.25, 0.3) is 0 Å². The number of rotatable bonds is 2. The van der Waals surface area contributed by atoms with Gasteiger partial charge in [0.15, 0.2) is 0 Å². The van der Waals surface area contributed by atoms with Crippen molar-refractivity contribution in [1.82, 2.24) is 4.90 Å². The van der Waals surface area contributed by atoms with Crippen molar-refractivity contribution in [3.8, 4) is 0 Å². The summed E-state index contributed by atoms with van der Waals surface area (Å²) < 4.78 is 0. The maximum atomic E-state index is 6.18. The lowest BCUT2D eigenvalue weighted by Crippen LogP contribution is -2.42. The number of fused-ring (bicyclic) bond motifs is 1. The lowest BCUT2D eigenvalue weighted by molar-refractivity contribution is 0.188. The Kier molecular flexibility index (Phi) is 3.26. The largest absolute Gasteiger partial charge is 0.381 e. The first-order chi connectivity index (χ1) is 8.33. The van der Waals surface area contributed by atoms with Gasteiger partial charge in [-0.15, -0.1) is 0 Å². The molecule has 2 atom stereocenters. The van der Waals surface area contributed by atoms with Crippen LogP contribution < -0.4 is 5.32 Å². The second-order valence-electron chi connectivity index (χ2n) is 5.18. The molecule has 0 bridgehead atoms. The highest BCUT2D eigenvalue weighted by Gasteiger charge is 2.31. The van der Waals surface area contributed by atoms with Crippen molar-refractivity contribution in [2.24, 2.45) is 0 Å². The molecule has 2 heterocycles. The minimum absolute atomic E-state index is 0.592. The van der Waals surface area contributed by atoms with Crippen LogP contribution in [0.5, 0.6) is 0 Å². The summed E-state index contributed by atoms with van der Waals surface area (Å²) in [5, 5.41) is 4.44. The second kappa shape index (κ2) is 4.87. The van der Waals surface area contributed by atoms with E-state index >= 15 is 0 Å². The van der Waals surface area contributed by atoms with Crippen LogP contribution in [0.2, 0.25) is 5.02 Å². The first-order valence-corrected chi connectivity index (χ1v) is 6.96. The number of anilines is 1. The predicted molar refractivity (Wildman–Crippen MR) is 72.7 cm³/mol. The van der Waals surface area contributed by atoms with Gasteiger partial charge in [0, 0.05) is 18.6 Å². The molecule has 17 heavy (non-hydrogen) atoms. The van der Waals surface area contributed by atoms with E-state index in [2.05, 4.69) is 16.3 Å². The standard InChI is InChI=1S/C14H19ClN2/c15-13-5-1-2-6-14(13)16-11-7-9-17-8-3-4-12(17)10-11/h1-2,5-6,11-12,16H,3-4,7-10H2. The highest BCUT2D eigenvalue weighted by atomic mass is 35.5. The molecule has 0 radical (unpaired) electrons.